The van der Waals surface area contributed by atoms with Crippen molar-refractivity contribution in [2.45, 2.75) is 13.5 Å². The van der Waals surface area contributed by atoms with Crippen molar-refractivity contribution in [3.63, 3.8) is 0 Å². The molecule has 0 aromatic heterocycles. The molecule has 4 amide bonds. The van der Waals surface area contributed by atoms with Crippen LogP contribution < -0.4 is 19.7 Å². The van der Waals surface area contributed by atoms with Crippen molar-refractivity contribution >= 4 is 68.7 Å². The van der Waals surface area contributed by atoms with Crippen LogP contribution in [-0.4, -0.2) is 25.0 Å². The van der Waals surface area contributed by atoms with Crippen molar-refractivity contribution in [3.05, 3.63) is 91.4 Å². The zero-order valence-electron chi connectivity index (χ0n) is 19.1. The molecule has 1 aliphatic heterocycles. The number of urea groups is 1. The summed E-state index contributed by atoms with van der Waals surface area (Å²) in [7, 11) is 1.51. The Hall–Kier alpha value is -3.33. The van der Waals surface area contributed by atoms with Gasteiger partial charge in [-0.2, -0.15) is 0 Å². The summed E-state index contributed by atoms with van der Waals surface area (Å²) in [5.41, 5.74) is 1.94. The highest BCUT2D eigenvalue weighted by Crippen LogP contribution is 2.32. The largest absolute Gasteiger partial charge is 0.497 e. The van der Waals surface area contributed by atoms with E-state index >= 15 is 0 Å². The highest BCUT2D eigenvalue weighted by molar-refractivity contribution is 9.10. The monoisotopic (exact) mass is 588 g/mol. The Morgan fingerprint density at radius 2 is 1.81 bits per heavy atom. The lowest BCUT2D eigenvalue weighted by molar-refractivity contribution is -0.122. The first kappa shape index (κ1) is 25.8. The molecule has 1 fully saturated rings. The van der Waals surface area contributed by atoms with E-state index in [-0.39, 0.29) is 12.2 Å². The smallest absolute Gasteiger partial charge is 0.335 e. The van der Waals surface area contributed by atoms with Gasteiger partial charge in [0, 0.05) is 31.7 Å². The number of anilines is 1. The summed E-state index contributed by atoms with van der Waals surface area (Å²) in [6.07, 6.45) is 1.38. The molecule has 1 aliphatic rings. The van der Waals surface area contributed by atoms with E-state index in [1.807, 2.05) is 0 Å². The van der Waals surface area contributed by atoms with Gasteiger partial charge in [-0.25, -0.2) is 9.69 Å². The number of nitrogens with zero attached hydrogens (tertiary/aromatic N) is 1. The molecule has 0 radical (unpaired) electrons. The Labute approximate surface area is 225 Å². The number of imide groups is 2. The molecule has 1 heterocycles. The van der Waals surface area contributed by atoms with Gasteiger partial charge in [0.15, 0.2) is 0 Å². The Bertz CT molecular complexity index is 1420. The van der Waals surface area contributed by atoms with Crippen LogP contribution in [-0.2, 0) is 16.2 Å². The van der Waals surface area contributed by atoms with Gasteiger partial charge in [-0.1, -0.05) is 45.2 Å². The molecule has 0 aliphatic carbocycles. The van der Waals surface area contributed by atoms with Gasteiger partial charge in [-0.15, -0.1) is 0 Å². The second-order valence-corrected chi connectivity index (χ2v) is 9.58. The fraction of sp³-hybridized carbons (Fsp3) is 0.115. The number of methoxy groups -OCH3 is 1. The number of carbonyl (C=O) groups is 3. The van der Waals surface area contributed by atoms with Crippen molar-refractivity contribution in [2.24, 2.45) is 0 Å². The summed E-state index contributed by atoms with van der Waals surface area (Å²) in [6, 6.07) is 14.3. The molecule has 10 heteroatoms. The van der Waals surface area contributed by atoms with Gasteiger partial charge in [0.1, 0.15) is 23.7 Å². The number of halogens is 3. The van der Waals surface area contributed by atoms with E-state index in [9.17, 15) is 14.4 Å². The van der Waals surface area contributed by atoms with Gasteiger partial charge >= 0.3 is 6.03 Å². The first-order valence-electron chi connectivity index (χ1n) is 10.6. The molecule has 1 N–H and O–H groups in total. The number of aryl methyl sites for hydroxylation is 1. The number of barbiturate groups is 1. The van der Waals surface area contributed by atoms with Gasteiger partial charge in [0.2, 0.25) is 0 Å². The van der Waals surface area contributed by atoms with E-state index in [0.717, 1.165) is 9.37 Å². The summed E-state index contributed by atoms with van der Waals surface area (Å²) in [5.74, 6) is -0.706. The van der Waals surface area contributed by atoms with E-state index in [4.69, 9.17) is 32.7 Å². The van der Waals surface area contributed by atoms with Crippen molar-refractivity contribution in [2.75, 3.05) is 12.0 Å². The van der Waals surface area contributed by atoms with Crippen molar-refractivity contribution < 1.29 is 23.9 Å². The lowest BCUT2D eigenvalue weighted by Crippen LogP contribution is -2.54. The molecule has 0 spiro atoms. The molecule has 1 saturated heterocycles. The minimum absolute atomic E-state index is 0.0994. The number of nitrogens with one attached hydrogen (secondary N) is 1. The van der Waals surface area contributed by atoms with Crippen molar-refractivity contribution in [1.29, 1.82) is 0 Å². The highest BCUT2D eigenvalue weighted by Gasteiger charge is 2.37. The third kappa shape index (κ3) is 5.41. The molecule has 4 rings (SSSR count). The number of ether oxygens (including phenoxy) is 2. The van der Waals surface area contributed by atoms with E-state index in [0.29, 0.717) is 43.9 Å². The number of amides is 4. The van der Waals surface area contributed by atoms with Crippen LogP contribution in [0.15, 0.2) is 64.6 Å². The van der Waals surface area contributed by atoms with Gasteiger partial charge in [-0.05, 0) is 61.0 Å². The van der Waals surface area contributed by atoms with Gasteiger partial charge < -0.3 is 9.47 Å². The topological polar surface area (TPSA) is 84.9 Å². The summed E-state index contributed by atoms with van der Waals surface area (Å²) in [6.45, 7) is 1.86. The third-order valence-corrected chi connectivity index (χ3v) is 6.50. The van der Waals surface area contributed by atoms with E-state index in [1.165, 1.54) is 13.2 Å². The molecular weight excluding hydrogens is 571 g/mol. The number of carbonyl (C=O) groups excluding carboxylic acids is 3. The average Bonchev–Trinajstić information content (AvgIpc) is 2.83. The average molecular weight is 590 g/mol. The first-order valence-corrected chi connectivity index (χ1v) is 12.1. The van der Waals surface area contributed by atoms with Crippen LogP contribution in [0.2, 0.25) is 10.0 Å². The van der Waals surface area contributed by atoms with E-state index in [1.54, 1.807) is 61.5 Å². The van der Waals surface area contributed by atoms with Crippen molar-refractivity contribution in [3.8, 4) is 11.5 Å². The second-order valence-electron chi connectivity index (χ2n) is 7.82. The maximum Gasteiger partial charge on any atom is 0.335 e. The first-order chi connectivity index (χ1) is 17.2. The van der Waals surface area contributed by atoms with Crippen LogP contribution in [0, 0.1) is 6.92 Å². The number of hydrogen-bond donors (Lipinski definition) is 1. The maximum atomic E-state index is 13.3. The molecule has 0 bridgehead atoms. The molecule has 36 heavy (non-hydrogen) atoms. The predicted molar refractivity (Wildman–Crippen MR) is 142 cm³/mol. The minimum Gasteiger partial charge on any atom is -0.497 e. The Morgan fingerprint density at radius 3 is 2.50 bits per heavy atom. The zero-order chi connectivity index (χ0) is 26.0. The maximum absolute atomic E-state index is 13.3. The predicted octanol–water partition coefficient (Wildman–Crippen LogP) is 6.32. The van der Waals surface area contributed by atoms with E-state index < -0.39 is 17.8 Å². The summed E-state index contributed by atoms with van der Waals surface area (Å²) in [5, 5.41) is 3.17. The molecule has 7 nitrogen and oxygen atoms in total. The summed E-state index contributed by atoms with van der Waals surface area (Å²) >= 11 is 15.6. The standard InChI is InChI=1S/C26H19BrCl2N2O5/c1-14-9-17(27)5-8-22(14)31-25(33)20(24(32)30-26(31)34)10-15-4-7-19(35-2)12-23(15)36-13-16-3-6-18(28)11-21(16)29/h3-12H,13H2,1-2H3,(H,30,32,34)/b20-10-. The van der Waals surface area contributed by atoms with Crippen LogP contribution in [0.1, 0.15) is 16.7 Å². The van der Waals surface area contributed by atoms with Gasteiger partial charge in [0.05, 0.1) is 12.8 Å². The normalized spacial score (nSPS) is 14.8. The quantitative estimate of drug-likeness (QED) is 0.269. The zero-order valence-corrected chi connectivity index (χ0v) is 22.2. The lowest BCUT2D eigenvalue weighted by atomic mass is 10.0. The molecule has 0 saturated carbocycles. The SMILES string of the molecule is COc1ccc(/C=C2/C(=O)NC(=O)N(c3ccc(Br)cc3C)C2=O)c(OCc2ccc(Cl)cc2Cl)c1. The molecule has 3 aromatic carbocycles. The minimum atomic E-state index is -0.823. The molecule has 0 unspecified atom stereocenters. The van der Waals surface area contributed by atoms with Crippen LogP contribution in [0.3, 0.4) is 0 Å². The molecule has 3 aromatic rings. The third-order valence-electron chi connectivity index (χ3n) is 5.42. The van der Waals surface area contributed by atoms with Crippen LogP contribution >= 0.6 is 39.1 Å². The summed E-state index contributed by atoms with van der Waals surface area (Å²) in [4.78, 5) is 39.5. The highest BCUT2D eigenvalue weighted by atomic mass is 79.9. The number of hydrogen-bond acceptors (Lipinski definition) is 5. The van der Waals surface area contributed by atoms with E-state index in [2.05, 4.69) is 21.2 Å². The van der Waals surface area contributed by atoms with Gasteiger partial charge in [-0.3, -0.25) is 14.9 Å². The van der Waals surface area contributed by atoms with Gasteiger partial charge in [0.25, 0.3) is 11.8 Å². The number of benzene rings is 3. The van der Waals surface area contributed by atoms with Crippen LogP contribution in [0.25, 0.3) is 6.08 Å². The Balaban J connectivity index is 1.70. The summed E-state index contributed by atoms with van der Waals surface area (Å²) < 4.78 is 12.1. The molecule has 184 valence electrons. The lowest BCUT2D eigenvalue weighted by Gasteiger charge is -2.27. The molecule has 0 atom stereocenters. The Kier molecular flexibility index (Phi) is 7.68. The Morgan fingerprint density at radius 1 is 1.03 bits per heavy atom. The van der Waals surface area contributed by atoms with Crippen LogP contribution in [0.4, 0.5) is 10.5 Å². The fourth-order valence-electron chi connectivity index (χ4n) is 3.58. The van der Waals surface area contributed by atoms with Crippen molar-refractivity contribution in [1.82, 2.24) is 5.32 Å². The second kappa shape index (κ2) is 10.7. The molecular formula is C26H19BrCl2N2O5. The van der Waals surface area contributed by atoms with Crippen LogP contribution in [0.5, 0.6) is 11.5 Å². The number of rotatable bonds is 6. The fourth-order valence-corrected chi connectivity index (χ4v) is 4.52.